The molecule has 0 fully saturated rings. The molecule has 1 aromatic heterocycles. The lowest BCUT2D eigenvalue weighted by Crippen LogP contribution is -2.13. The predicted octanol–water partition coefficient (Wildman–Crippen LogP) is 1.44. The van der Waals surface area contributed by atoms with Crippen molar-refractivity contribution in [3.63, 3.8) is 0 Å². The molecular weight excluding hydrogens is 166 g/mol. The average molecular weight is 179 g/mol. The molecule has 13 heavy (non-hydrogen) atoms. The number of aromatic nitrogens is 2. The zero-order valence-electron chi connectivity index (χ0n) is 8.09. The van der Waals surface area contributed by atoms with Crippen LogP contribution in [0.2, 0.25) is 0 Å². The number of hydrogen-bond donors (Lipinski definition) is 1. The lowest BCUT2D eigenvalue weighted by atomic mass is 10.3. The first-order valence-electron chi connectivity index (χ1n) is 4.24. The smallest absolute Gasteiger partial charge is 0.229 e. The maximum Gasteiger partial charge on any atom is 0.229 e. The molecule has 1 amide bonds. The molecule has 1 aromatic rings. The first-order valence-corrected chi connectivity index (χ1v) is 4.24. The SMILES string of the molecule is CCC(=O)Nc1nc(C)cc(C)n1. The summed E-state index contributed by atoms with van der Waals surface area (Å²) in [5.74, 6) is 0.328. The third kappa shape index (κ3) is 2.82. The molecule has 0 spiro atoms. The zero-order chi connectivity index (χ0) is 9.84. The number of anilines is 1. The van der Waals surface area contributed by atoms with Gasteiger partial charge in [-0.3, -0.25) is 10.1 Å². The van der Waals surface area contributed by atoms with Crippen LogP contribution in [0.4, 0.5) is 5.95 Å². The van der Waals surface area contributed by atoms with Crippen molar-refractivity contribution in [2.24, 2.45) is 0 Å². The van der Waals surface area contributed by atoms with Crippen LogP contribution >= 0.6 is 0 Å². The van der Waals surface area contributed by atoms with Gasteiger partial charge in [0.2, 0.25) is 11.9 Å². The maximum absolute atomic E-state index is 11.0. The van der Waals surface area contributed by atoms with Gasteiger partial charge in [-0.25, -0.2) is 9.97 Å². The molecule has 0 saturated heterocycles. The number of nitrogens with one attached hydrogen (secondary N) is 1. The van der Waals surface area contributed by atoms with Gasteiger partial charge in [-0.2, -0.15) is 0 Å². The summed E-state index contributed by atoms with van der Waals surface area (Å²) >= 11 is 0. The molecule has 0 saturated carbocycles. The summed E-state index contributed by atoms with van der Waals surface area (Å²) in [5.41, 5.74) is 1.72. The van der Waals surface area contributed by atoms with Gasteiger partial charge in [-0.15, -0.1) is 0 Å². The van der Waals surface area contributed by atoms with E-state index in [0.717, 1.165) is 11.4 Å². The largest absolute Gasteiger partial charge is 0.295 e. The Morgan fingerprint density at radius 2 is 1.92 bits per heavy atom. The van der Waals surface area contributed by atoms with Crippen molar-refractivity contribution in [3.8, 4) is 0 Å². The molecular formula is C9H13N3O. The Kier molecular flexibility index (Phi) is 2.95. The Hall–Kier alpha value is -1.45. The van der Waals surface area contributed by atoms with E-state index >= 15 is 0 Å². The van der Waals surface area contributed by atoms with E-state index in [-0.39, 0.29) is 5.91 Å². The molecule has 1 heterocycles. The highest BCUT2D eigenvalue weighted by atomic mass is 16.1. The second-order valence-corrected chi connectivity index (χ2v) is 2.88. The van der Waals surface area contributed by atoms with Crippen LogP contribution in [0.5, 0.6) is 0 Å². The highest BCUT2D eigenvalue weighted by Crippen LogP contribution is 2.03. The standard InChI is InChI=1S/C9H13N3O/c1-4-8(13)12-9-10-6(2)5-7(3)11-9/h5H,4H2,1-3H3,(H,10,11,12,13). The average Bonchev–Trinajstić information content (AvgIpc) is 2.02. The predicted molar refractivity (Wildman–Crippen MR) is 50.4 cm³/mol. The Morgan fingerprint density at radius 3 is 2.38 bits per heavy atom. The van der Waals surface area contributed by atoms with Crippen LogP contribution < -0.4 is 5.32 Å². The van der Waals surface area contributed by atoms with E-state index in [0.29, 0.717) is 12.4 Å². The van der Waals surface area contributed by atoms with Crippen LogP contribution in [0.15, 0.2) is 6.07 Å². The minimum absolute atomic E-state index is 0.0648. The number of hydrogen-bond acceptors (Lipinski definition) is 3. The fourth-order valence-corrected chi connectivity index (χ4v) is 0.995. The van der Waals surface area contributed by atoms with Gasteiger partial charge in [-0.1, -0.05) is 6.92 Å². The Labute approximate surface area is 77.4 Å². The quantitative estimate of drug-likeness (QED) is 0.747. The Balaban J connectivity index is 2.83. The van der Waals surface area contributed by atoms with Crippen molar-refractivity contribution in [1.29, 1.82) is 0 Å². The summed E-state index contributed by atoms with van der Waals surface area (Å²) in [6.07, 6.45) is 0.441. The summed E-state index contributed by atoms with van der Waals surface area (Å²) in [6.45, 7) is 5.53. The number of amides is 1. The highest BCUT2D eigenvalue weighted by molar-refractivity contribution is 5.88. The van der Waals surface area contributed by atoms with Crippen LogP contribution in [0.25, 0.3) is 0 Å². The van der Waals surface area contributed by atoms with Crippen molar-refractivity contribution in [2.75, 3.05) is 5.32 Å². The number of carbonyl (C=O) groups is 1. The normalized spacial score (nSPS) is 9.77. The van der Waals surface area contributed by atoms with E-state index in [9.17, 15) is 4.79 Å². The molecule has 0 atom stereocenters. The van der Waals surface area contributed by atoms with Crippen molar-refractivity contribution in [2.45, 2.75) is 27.2 Å². The molecule has 0 aliphatic carbocycles. The number of nitrogens with zero attached hydrogens (tertiary/aromatic N) is 2. The lowest BCUT2D eigenvalue weighted by molar-refractivity contribution is -0.115. The second kappa shape index (κ2) is 3.98. The van der Waals surface area contributed by atoms with Gasteiger partial charge in [0.1, 0.15) is 0 Å². The summed E-state index contributed by atoms with van der Waals surface area (Å²) in [5, 5.41) is 2.61. The fraction of sp³-hybridized carbons (Fsp3) is 0.444. The first-order chi connectivity index (χ1) is 6.11. The van der Waals surface area contributed by atoms with Crippen molar-refractivity contribution in [1.82, 2.24) is 9.97 Å². The summed E-state index contributed by atoms with van der Waals surface area (Å²) in [6, 6.07) is 1.86. The number of carbonyl (C=O) groups excluding carboxylic acids is 1. The Morgan fingerprint density at radius 1 is 1.38 bits per heavy atom. The lowest BCUT2D eigenvalue weighted by Gasteiger charge is -2.03. The molecule has 0 bridgehead atoms. The second-order valence-electron chi connectivity index (χ2n) is 2.88. The minimum Gasteiger partial charge on any atom is -0.295 e. The molecule has 0 unspecified atom stereocenters. The monoisotopic (exact) mass is 179 g/mol. The minimum atomic E-state index is -0.0648. The van der Waals surface area contributed by atoms with Gasteiger partial charge in [0.25, 0.3) is 0 Å². The van der Waals surface area contributed by atoms with E-state index in [4.69, 9.17) is 0 Å². The van der Waals surface area contributed by atoms with E-state index < -0.39 is 0 Å². The van der Waals surface area contributed by atoms with E-state index in [1.165, 1.54) is 0 Å². The summed E-state index contributed by atoms with van der Waals surface area (Å²) < 4.78 is 0. The van der Waals surface area contributed by atoms with E-state index in [1.54, 1.807) is 6.92 Å². The van der Waals surface area contributed by atoms with Crippen LogP contribution in [0.3, 0.4) is 0 Å². The zero-order valence-corrected chi connectivity index (χ0v) is 8.09. The van der Waals surface area contributed by atoms with E-state index in [1.807, 2.05) is 19.9 Å². The topological polar surface area (TPSA) is 54.9 Å². The van der Waals surface area contributed by atoms with Gasteiger partial charge in [-0.05, 0) is 19.9 Å². The molecule has 0 radical (unpaired) electrons. The molecule has 4 nitrogen and oxygen atoms in total. The van der Waals surface area contributed by atoms with E-state index in [2.05, 4.69) is 15.3 Å². The first kappa shape index (κ1) is 9.64. The molecule has 4 heteroatoms. The van der Waals surface area contributed by atoms with Gasteiger partial charge in [0.15, 0.2) is 0 Å². The van der Waals surface area contributed by atoms with Gasteiger partial charge >= 0.3 is 0 Å². The van der Waals surface area contributed by atoms with Crippen LogP contribution in [0, 0.1) is 13.8 Å². The van der Waals surface area contributed by atoms with Gasteiger partial charge in [0, 0.05) is 17.8 Å². The fourth-order valence-electron chi connectivity index (χ4n) is 0.995. The van der Waals surface area contributed by atoms with Gasteiger partial charge in [0.05, 0.1) is 0 Å². The third-order valence-corrected chi connectivity index (χ3v) is 1.55. The van der Waals surface area contributed by atoms with Crippen LogP contribution in [-0.2, 0) is 4.79 Å². The Bertz CT molecular complexity index is 302. The summed E-state index contributed by atoms with van der Waals surface area (Å²) in [7, 11) is 0. The highest BCUT2D eigenvalue weighted by Gasteiger charge is 2.02. The number of rotatable bonds is 2. The van der Waals surface area contributed by atoms with Crippen molar-refractivity contribution >= 4 is 11.9 Å². The molecule has 1 N–H and O–H groups in total. The summed E-state index contributed by atoms with van der Waals surface area (Å²) in [4.78, 5) is 19.2. The van der Waals surface area contributed by atoms with Gasteiger partial charge < -0.3 is 0 Å². The molecule has 1 rings (SSSR count). The molecule has 70 valence electrons. The van der Waals surface area contributed by atoms with Crippen molar-refractivity contribution < 1.29 is 4.79 Å². The number of aryl methyl sites for hydroxylation is 2. The van der Waals surface area contributed by atoms with Crippen LogP contribution in [0.1, 0.15) is 24.7 Å². The molecule has 0 aliphatic heterocycles. The molecule has 0 aliphatic rings. The third-order valence-electron chi connectivity index (χ3n) is 1.55. The maximum atomic E-state index is 11.0. The van der Waals surface area contributed by atoms with Crippen LogP contribution in [-0.4, -0.2) is 15.9 Å². The van der Waals surface area contributed by atoms with Crippen molar-refractivity contribution in [3.05, 3.63) is 17.5 Å². The molecule has 0 aromatic carbocycles.